The number of carbonyl (C=O) groups is 1. The summed E-state index contributed by atoms with van der Waals surface area (Å²) in [6, 6.07) is 5.63. The molecule has 2 heterocycles. The number of aromatic nitrogens is 2. The molecule has 2 aromatic rings. The van der Waals surface area contributed by atoms with Crippen LogP contribution in [0.3, 0.4) is 0 Å². The Morgan fingerprint density at radius 3 is 2.57 bits per heavy atom. The summed E-state index contributed by atoms with van der Waals surface area (Å²) in [5.74, 6) is 1.57. The molecule has 0 radical (unpaired) electrons. The lowest BCUT2D eigenvalue weighted by atomic mass is 9.93. The topological polar surface area (TPSA) is 132 Å². The maximum absolute atomic E-state index is 12.0. The molecule has 0 spiro atoms. The Hall–Kier alpha value is -3.07. The van der Waals surface area contributed by atoms with Gasteiger partial charge in [0.15, 0.2) is 23.0 Å². The summed E-state index contributed by atoms with van der Waals surface area (Å²) in [7, 11) is 0. The number of aliphatic hydroxyl groups excluding tert-OH is 1. The van der Waals surface area contributed by atoms with Gasteiger partial charge in [-0.2, -0.15) is 0 Å². The van der Waals surface area contributed by atoms with E-state index >= 15 is 0 Å². The Bertz CT molecular complexity index is 928. The van der Waals surface area contributed by atoms with Gasteiger partial charge in [0.05, 0.1) is 11.8 Å². The number of hydrogen-bond donors (Lipinski definition) is 4. The van der Waals surface area contributed by atoms with Crippen LogP contribution < -0.4 is 25.8 Å². The number of nitrogens with one attached hydrogen (secondary N) is 2. The lowest BCUT2D eigenvalue weighted by Crippen LogP contribution is -2.29. The molecule has 0 saturated heterocycles. The Balaban J connectivity index is 1.62. The molecule has 1 saturated carbocycles. The minimum Gasteiger partial charge on any atom is -0.486 e. The number of ether oxygens (including phenoxy) is 2. The number of hydrogen-bond acceptors (Lipinski definition) is 8. The second kappa shape index (κ2) is 8.74. The number of nitrogens with zero attached hydrogens (tertiary/aromatic N) is 2. The summed E-state index contributed by atoms with van der Waals surface area (Å²) in [6.07, 6.45) is 3.60. The fourth-order valence-electron chi connectivity index (χ4n) is 3.76. The van der Waals surface area contributed by atoms with Crippen molar-refractivity contribution >= 4 is 23.2 Å². The third-order valence-corrected chi connectivity index (χ3v) is 5.38. The first-order chi connectivity index (χ1) is 14.5. The van der Waals surface area contributed by atoms with E-state index in [4.69, 9.17) is 15.2 Å². The molecule has 160 valence electrons. The molecule has 2 aliphatic rings. The Labute approximate surface area is 175 Å². The van der Waals surface area contributed by atoms with Crippen molar-refractivity contribution in [1.29, 1.82) is 0 Å². The molecular weight excluding hydrogens is 386 g/mol. The van der Waals surface area contributed by atoms with E-state index in [9.17, 15) is 9.90 Å². The molecule has 1 aliphatic carbocycles. The van der Waals surface area contributed by atoms with Gasteiger partial charge >= 0.3 is 0 Å². The second-order valence-corrected chi connectivity index (χ2v) is 7.57. The van der Waals surface area contributed by atoms with Crippen LogP contribution in [0, 0.1) is 0 Å². The van der Waals surface area contributed by atoms with Crippen molar-refractivity contribution in [2.45, 2.75) is 51.2 Å². The number of aryl methyl sites for hydroxylation is 1. The first-order valence-corrected chi connectivity index (χ1v) is 10.4. The number of benzene rings is 1. The van der Waals surface area contributed by atoms with Gasteiger partial charge in [0.25, 0.3) is 5.91 Å². The summed E-state index contributed by atoms with van der Waals surface area (Å²) < 4.78 is 11.2. The van der Waals surface area contributed by atoms with E-state index in [0.717, 1.165) is 25.7 Å². The van der Waals surface area contributed by atoms with E-state index in [-0.39, 0.29) is 23.7 Å². The summed E-state index contributed by atoms with van der Waals surface area (Å²) in [5.41, 5.74) is 7.04. The maximum Gasteiger partial charge on any atom is 0.271 e. The normalized spacial score (nSPS) is 20.5. The second-order valence-electron chi connectivity index (χ2n) is 7.57. The van der Waals surface area contributed by atoms with Crippen LogP contribution in [0.4, 0.5) is 17.3 Å². The summed E-state index contributed by atoms with van der Waals surface area (Å²) in [6.45, 7) is 2.96. The van der Waals surface area contributed by atoms with Gasteiger partial charge in [-0.3, -0.25) is 4.79 Å². The van der Waals surface area contributed by atoms with Crippen LogP contribution >= 0.6 is 0 Å². The standard InChI is InChI=1S/C21H27N5O4/c1-2-15-20(23-12-3-6-14(27)7-4-12)26-21(18(25-15)19(22)28)24-13-5-8-16-17(11-13)30-10-9-29-16/h5,8,11-12,14,27H,2-4,6-7,9-10H2,1H3,(H2,22,28)(H2,23,24,26)/t12-,14-. The first-order valence-electron chi connectivity index (χ1n) is 10.4. The van der Waals surface area contributed by atoms with E-state index in [1.54, 1.807) is 12.1 Å². The van der Waals surface area contributed by atoms with Gasteiger partial charge < -0.3 is 30.9 Å². The lowest BCUT2D eigenvalue weighted by molar-refractivity contribution is 0.0996. The highest BCUT2D eigenvalue weighted by Gasteiger charge is 2.23. The molecule has 0 bridgehead atoms. The van der Waals surface area contributed by atoms with Crippen LogP contribution in [-0.4, -0.2) is 46.3 Å². The molecule has 9 heteroatoms. The number of carbonyl (C=O) groups excluding carboxylic acids is 1. The van der Waals surface area contributed by atoms with Crippen molar-refractivity contribution in [2.24, 2.45) is 5.73 Å². The van der Waals surface area contributed by atoms with Gasteiger partial charge in [-0.15, -0.1) is 0 Å². The molecule has 0 unspecified atom stereocenters. The van der Waals surface area contributed by atoms with Crippen LogP contribution in [0.15, 0.2) is 18.2 Å². The van der Waals surface area contributed by atoms with Gasteiger partial charge in [0.2, 0.25) is 0 Å². The molecule has 30 heavy (non-hydrogen) atoms. The van der Waals surface area contributed by atoms with Crippen LogP contribution in [0.25, 0.3) is 0 Å². The Morgan fingerprint density at radius 1 is 1.13 bits per heavy atom. The predicted molar refractivity (Wildman–Crippen MR) is 113 cm³/mol. The summed E-state index contributed by atoms with van der Waals surface area (Å²) in [4.78, 5) is 21.2. The Morgan fingerprint density at radius 2 is 1.87 bits per heavy atom. The van der Waals surface area contributed by atoms with Crippen molar-refractivity contribution in [3.63, 3.8) is 0 Å². The van der Waals surface area contributed by atoms with Crippen LogP contribution in [-0.2, 0) is 6.42 Å². The largest absolute Gasteiger partial charge is 0.486 e. The zero-order chi connectivity index (χ0) is 21.1. The van der Waals surface area contributed by atoms with Crippen molar-refractivity contribution in [3.05, 3.63) is 29.6 Å². The average Bonchev–Trinajstić information content (AvgIpc) is 2.75. The smallest absolute Gasteiger partial charge is 0.271 e. The number of fused-ring (bicyclic) bond motifs is 1. The predicted octanol–water partition coefficient (Wildman–Crippen LogP) is 2.37. The fraction of sp³-hybridized carbons (Fsp3) is 0.476. The molecule has 1 aromatic heterocycles. The lowest BCUT2D eigenvalue weighted by Gasteiger charge is -2.27. The van der Waals surface area contributed by atoms with E-state index in [1.807, 2.05) is 13.0 Å². The summed E-state index contributed by atoms with van der Waals surface area (Å²) >= 11 is 0. The zero-order valence-corrected chi connectivity index (χ0v) is 17.0. The van der Waals surface area contributed by atoms with E-state index in [1.165, 1.54) is 0 Å². The van der Waals surface area contributed by atoms with Gasteiger partial charge in [-0.05, 0) is 44.2 Å². The number of rotatable bonds is 6. The molecule has 9 nitrogen and oxygen atoms in total. The van der Waals surface area contributed by atoms with Gasteiger partial charge in [0, 0.05) is 17.8 Å². The highest BCUT2D eigenvalue weighted by Crippen LogP contribution is 2.34. The van der Waals surface area contributed by atoms with E-state index < -0.39 is 5.91 Å². The van der Waals surface area contributed by atoms with Crippen molar-refractivity contribution in [2.75, 3.05) is 23.8 Å². The number of primary amides is 1. The number of aliphatic hydroxyl groups is 1. The summed E-state index contributed by atoms with van der Waals surface area (Å²) in [5, 5.41) is 16.3. The van der Waals surface area contributed by atoms with Crippen molar-refractivity contribution in [1.82, 2.24) is 9.97 Å². The van der Waals surface area contributed by atoms with Gasteiger partial charge in [0.1, 0.15) is 19.0 Å². The van der Waals surface area contributed by atoms with Crippen molar-refractivity contribution < 1.29 is 19.4 Å². The van der Waals surface area contributed by atoms with Crippen molar-refractivity contribution in [3.8, 4) is 11.5 Å². The quantitative estimate of drug-likeness (QED) is 0.568. The van der Waals surface area contributed by atoms with Gasteiger partial charge in [-0.25, -0.2) is 9.97 Å². The highest BCUT2D eigenvalue weighted by molar-refractivity contribution is 5.96. The van der Waals surface area contributed by atoms with Gasteiger partial charge in [-0.1, -0.05) is 6.92 Å². The van der Waals surface area contributed by atoms with E-state index in [0.29, 0.717) is 48.3 Å². The molecule has 0 atom stereocenters. The first kappa shape index (κ1) is 20.2. The fourth-order valence-corrected chi connectivity index (χ4v) is 3.76. The SMILES string of the molecule is CCc1nc(C(N)=O)c(Nc2ccc3c(c2)OCCO3)nc1N[C@H]1CC[C@H](O)CC1. The molecule has 1 aliphatic heterocycles. The minimum absolute atomic E-state index is 0.0892. The minimum atomic E-state index is -0.649. The number of anilines is 3. The third kappa shape index (κ3) is 4.40. The van der Waals surface area contributed by atoms with Crippen LogP contribution in [0.5, 0.6) is 11.5 Å². The number of nitrogens with two attached hydrogens (primary N) is 1. The average molecular weight is 413 g/mol. The van der Waals surface area contributed by atoms with Crippen LogP contribution in [0.2, 0.25) is 0 Å². The van der Waals surface area contributed by atoms with Crippen LogP contribution in [0.1, 0.15) is 48.8 Å². The third-order valence-electron chi connectivity index (χ3n) is 5.38. The Kier molecular flexibility index (Phi) is 5.89. The van der Waals surface area contributed by atoms with E-state index in [2.05, 4.69) is 20.6 Å². The molecule has 1 aromatic carbocycles. The molecule has 1 fully saturated rings. The number of amides is 1. The molecule has 1 amide bonds. The molecular formula is C21H27N5O4. The monoisotopic (exact) mass is 413 g/mol. The molecule has 4 rings (SSSR count). The zero-order valence-electron chi connectivity index (χ0n) is 17.0. The highest BCUT2D eigenvalue weighted by atomic mass is 16.6. The molecule has 5 N–H and O–H groups in total. The maximum atomic E-state index is 12.0.